The molecule has 1 aromatic rings. The Hall–Kier alpha value is -1.10. The van der Waals surface area contributed by atoms with E-state index in [0.717, 1.165) is 23.9 Å². The molecule has 100 valence electrons. The number of guanidine groups is 1. The van der Waals surface area contributed by atoms with E-state index in [2.05, 4.69) is 34.5 Å². The van der Waals surface area contributed by atoms with E-state index >= 15 is 0 Å². The van der Waals surface area contributed by atoms with Crippen molar-refractivity contribution in [3.63, 3.8) is 0 Å². The smallest absolute Gasteiger partial charge is 0.189 e. The van der Waals surface area contributed by atoms with Crippen molar-refractivity contribution in [2.75, 3.05) is 6.54 Å². The maximum Gasteiger partial charge on any atom is 0.189 e. The zero-order valence-electron chi connectivity index (χ0n) is 11.1. The molecule has 1 fully saturated rings. The van der Waals surface area contributed by atoms with Crippen LogP contribution in [0, 0.1) is 5.92 Å². The summed E-state index contributed by atoms with van der Waals surface area (Å²) in [6, 6.07) is 0. The molecule has 0 aliphatic heterocycles. The van der Waals surface area contributed by atoms with Crippen molar-refractivity contribution in [2.24, 2.45) is 16.6 Å². The largest absolute Gasteiger partial charge is 0.370 e. The van der Waals surface area contributed by atoms with E-state index in [1.54, 1.807) is 11.3 Å². The van der Waals surface area contributed by atoms with E-state index < -0.39 is 0 Å². The lowest BCUT2D eigenvalue weighted by Gasteiger charge is -2.06. The number of thiazole rings is 1. The van der Waals surface area contributed by atoms with Crippen LogP contribution in [0.1, 0.15) is 49.7 Å². The summed E-state index contributed by atoms with van der Waals surface area (Å²) < 4.78 is 0. The Bertz CT molecular complexity index is 407. The highest BCUT2D eigenvalue weighted by molar-refractivity contribution is 7.09. The number of nitrogens with zero attached hydrogens (tertiary/aromatic N) is 2. The Morgan fingerprint density at radius 2 is 2.39 bits per heavy atom. The van der Waals surface area contributed by atoms with Crippen molar-refractivity contribution in [1.29, 1.82) is 0 Å². The molecule has 2 rings (SSSR count). The van der Waals surface area contributed by atoms with Crippen molar-refractivity contribution in [3.05, 3.63) is 16.1 Å². The minimum Gasteiger partial charge on any atom is -0.370 e. The summed E-state index contributed by atoms with van der Waals surface area (Å²) in [6.45, 7) is 5.88. The molecule has 1 heterocycles. The van der Waals surface area contributed by atoms with Gasteiger partial charge in [0.15, 0.2) is 5.96 Å². The summed E-state index contributed by atoms with van der Waals surface area (Å²) in [4.78, 5) is 8.90. The topological polar surface area (TPSA) is 63.3 Å². The summed E-state index contributed by atoms with van der Waals surface area (Å²) in [5.74, 6) is 1.93. The van der Waals surface area contributed by atoms with Gasteiger partial charge in [0, 0.05) is 17.8 Å². The van der Waals surface area contributed by atoms with Crippen LogP contribution >= 0.6 is 11.3 Å². The average Bonchev–Trinajstić information content (AvgIpc) is 3.06. The van der Waals surface area contributed by atoms with Gasteiger partial charge in [-0.05, 0) is 25.2 Å². The fourth-order valence-corrected chi connectivity index (χ4v) is 2.46. The molecule has 4 nitrogen and oxygen atoms in total. The highest BCUT2D eigenvalue weighted by atomic mass is 32.1. The number of aromatic nitrogens is 1. The maximum absolute atomic E-state index is 5.80. The molecular formula is C13H22N4S. The summed E-state index contributed by atoms with van der Waals surface area (Å²) in [5, 5.41) is 6.35. The lowest BCUT2D eigenvalue weighted by molar-refractivity contribution is 0.576. The molecule has 0 atom stereocenters. The van der Waals surface area contributed by atoms with E-state index in [9.17, 15) is 0 Å². The fraction of sp³-hybridized carbons (Fsp3) is 0.692. The van der Waals surface area contributed by atoms with Gasteiger partial charge in [0.1, 0.15) is 5.01 Å². The van der Waals surface area contributed by atoms with Crippen LogP contribution in [0.4, 0.5) is 0 Å². The molecule has 0 unspecified atom stereocenters. The molecule has 3 N–H and O–H groups in total. The second-order valence-corrected chi connectivity index (χ2v) is 6.19. The third-order valence-corrected chi connectivity index (χ3v) is 3.83. The van der Waals surface area contributed by atoms with Crippen LogP contribution in [0.3, 0.4) is 0 Å². The standard InChI is InChI=1S/C13H22N4S/c1-9(2)5-6-15-13(14)16-7-12-17-11(8-18-12)10-3-4-10/h8-10H,3-7H2,1-2H3,(H3,14,15,16). The van der Waals surface area contributed by atoms with Crippen LogP contribution in [0.15, 0.2) is 10.4 Å². The second kappa shape index (κ2) is 6.18. The third-order valence-electron chi connectivity index (χ3n) is 2.98. The van der Waals surface area contributed by atoms with E-state index in [4.69, 9.17) is 5.73 Å². The van der Waals surface area contributed by atoms with Gasteiger partial charge in [-0.15, -0.1) is 11.3 Å². The quantitative estimate of drug-likeness (QED) is 0.614. The Kier molecular flexibility index (Phi) is 4.58. The zero-order valence-corrected chi connectivity index (χ0v) is 12.0. The predicted molar refractivity (Wildman–Crippen MR) is 76.9 cm³/mol. The predicted octanol–water partition coefficient (Wildman–Crippen LogP) is 2.47. The fourth-order valence-electron chi connectivity index (χ4n) is 1.66. The van der Waals surface area contributed by atoms with Gasteiger partial charge in [0.2, 0.25) is 0 Å². The number of nitrogens with one attached hydrogen (secondary N) is 1. The minimum atomic E-state index is 0.527. The molecule has 0 aromatic carbocycles. The van der Waals surface area contributed by atoms with Gasteiger partial charge in [-0.1, -0.05) is 13.8 Å². The number of aliphatic imine (C=N–C) groups is 1. The SMILES string of the molecule is CC(C)CCNC(N)=NCc1nc(C2CC2)cs1. The van der Waals surface area contributed by atoms with Crippen molar-refractivity contribution >= 4 is 17.3 Å². The second-order valence-electron chi connectivity index (χ2n) is 5.25. The van der Waals surface area contributed by atoms with E-state index in [1.165, 1.54) is 18.5 Å². The molecule has 0 saturated heterocycles. The third kappa shape index (κ3) is 4.29. The molecule has 1 aromatic heterocycles. The van der Waals surface area contributed by atoms with Gasteiger partial charge >= 0.3 is 0 Å². The van der Waals surface area contributed by atoms with Gasteiger partial charge in [-0.25, -0.2) is 9.98 Å². The summed E-state index contributed by atoms with van der Waals surface area (Å²) in [5.41, 5.74) is 7.05. The van der Waals surface area contributed by atoms with Gasteiger partial charge in [0.25, 0.3) is 0 Å². The first-order chi connectivity index (χ1) is 8.65. The minimum absolute atomic E-state index is 0.527. The van der Waals surface area contributed by atoms with Gasteiger partial charge in [-0.3, -0.25) is 0 Å². The number of hydrogen-bond donors (Lipinski definition) is 2. The molecule has 1 aliphatic rings. The molecule has 0 amide bonds. The molecule has 0 radical (unpaired) electrons. The summed E-state index contributed by atoms with van der Waals surface area (Å²) >= 11 is 1.69. The maximum atomic E-state index is 5.80. The Morgan fingerprint density at radius 1 is 1.61 bits per heavy atom. The average molecular weight is 266 g/mol. The highest BCUT2D eigenvalue weighted by Gasteiger charge is 2.25. The van der Waals surface area contributed by atoms with E-state index in [-0.39, 0.29) is 0 Å². The van der Waals surface area contributed by atoms with Crippen LogP contribution in [-0.2, 0) is 6.54 Å². The Labute approximate surface area is 113 Å². The zero-order chi connectivity index (χ0) is 13.0. The Balaban J connectivity index is 1.74. The van der Waals surface area contributed by atoms with Crippen LogP contribution in [0.2, 0.25) is 0 Å². The number of hydrogen-bond acceptors (Lipinski definition) is 3. The molecule has 1 saturated carbocycles. The van der Waals surface area contributed by atoms with Crippen LogP contribution < -0.4 is 11.1 Å². The summed E-state index contributed by atoms with van der Waals surface area (Å²) in [6.07, 6.45) is 3.70. The molecule has 18 heavy (non-hydrogen) atoms. The number of nitrogens with two attached hydrogens (primary N) is 1. The molecule has 5 heteroatoms. The number of rotatable bonds is 6. The lowest BCUT2D eigenvalue weighted by atomic mass is 10.1. The van der Waals surface area contributed by atoms with E-state index in [0.29, 0.717) is 18.4 Å². The summed E-state index contributed by atoms with van der Waals surface area (Å²) in [7, 11) is 0. The first-order valence-electron chi connectivity index (χ1n) is 6.63. The molecular weight excluding hydrogens is 244 g/mol. The van der Waals surface area contributed by atoms with Gasteiger partial charge in [-0.2, -0.15) is 0 Å². The molecule has 0 bridgehead atoms. The first kappa shape index (κ1) is 13.3. The monoisotopic (exact) mass is 266 g/mol. The van der Waals surface area contributed by atoms with Crippen molar-refractivity contribution in [3.8, 4) is 0 Å². The van der Waals surface area contributed by atoms with Gasteiger partial charge < -0.3 is 11.1 Å². The Morgan fingerprint density at radius 3 is 3.06 bits per heavy atom. The van der Waals surface area contributed by atoms with Crippen molar-refractivity contribution in [1.82, 2.24) is 10.3 Å². The highest BCUT2D eigenvalue weighted by Crippen LogP contribution is 2.40. The first-order valence-corrected chi connectivity index (χ1v) is 7.51. The molecule has 0 spiro atoms. The van der Waals surface area contributed by atoms with Crippen molar-refractivity contribution < 1.29 is 0 Å². The van der Waals surface area contributed by atoms with Gasteiger partial charge in [0.05, 0.1) is 12.2 Å². The van der Waals surface area contributed by atoms with Crippen LogP contribution in [0.5, 0.6) is 0 Å². The van der Waals surface area contributed by atoms with Crippen molar-refractivity contribution in [2.45, 2.75) is 45.6 Å². The normalized spacial score (nSPS) is 16.3. The van der Waals surface area contributed by atoms with Crippen LogP contribution in [-0.4, -0.2) is 17.5 Å². The lowest BCUT2D eigenvalue weighted by Crippen LogP contribution is -2.32. The van der Waals surface area contributed by atoms with E-state index in [1.807, 2.05) is 0 Å². The molecule has 1 aliphatic carbocycles. The van der Waals surface area contributed by atoms with Crippen LogP contribution in [0.25, 0.3) is 0 Å².